The van der Waals surface area contributed by atoms with Crippen LogP contribution in [-0.4, -0.2) is 30.1 Å². The molecule has 0 aromatic heterocycles. The molecule has 0 aliphatic heterocycles. The van der Waals surface area contributed by atoms with Crippen LogP contribution >= 0.6 is 0 Å². The maximum absolute atomic E-state index is 13.2. The number of carbonyl (C=O) groups excluding carboxylic acids is 1. The quantitative estimate of drug-likeness (QED) is 0.689. The Bertz CT molecular complexity index is 413. The molecule has 0 bridgehead atoms. The zero-order valence-corrected chi connectivity index (χ0v) is 8.66. The molecular weight excluding hydrogens is 237 g/mol. The highest BCUT2D eigenvalue weighted by atomic mass is 19.3. The number of benzene rings is 1. The number of hydrogen-bond acceptors (Lipinski definition) is 3. The van der Waals surface area contributed by atoms with E-state index in [9.17, 15) is 18.0 Å². The lowest BCUT2D eigenvalue weighted by molar-refractivity contribution is -0.00272. The molecule has 0 saturated heterocycles. The number of hydrogen-bond donors (Lipinski definition) is 3. The molecule has 0 fully saturated rings. The Morgan fingerprint density at radius 3 is 2.71 bits per heavy atom. The SMILES string of the molecule is Nc1ccc(F)c(C(=O)NCC(O)C(F)F)c1. The van der Waals surface area contributed by atoms with Gasteiger partial charge in [-0.2, -0.15) is 0 Å². The molecule has 0 heterocycles. The molecule has 1 amide bonds. The van der Waals surface area contributed by atoms with E-state index in [1.807, 2.05) is 5.32 Å². The lowest BCUT2D eigenvalue weighted by Crippen LogP contribution is -2.36. The van der Waals surface area contributed by atoms with Crippen LogP contribution in [0.1, 0.15) is 10.4 Å². The molecule has 1 rings (SSSR count). The average molecular weight is 248 g/mol. The number of halogens is 3. The van der Waals surface area contributed by atoms with Crippen molar-refractivity contribution in [3.63, 3.8) is 0 Å². The number of anilines is 1. The predicted octanol–water partition coefficient (Wildman–Crippen LogP) is 0.764. The third-order valence-electron chi connectivity index (χ3n) is 2.00. The van der Waals surface area contributed by atoms with Gasteiger partial charge in [0, 0.05) is 12.2 Å². The van der Waals surface area contributed by atoms with Gasteiger partial charge in [0.05, 0.1) is 5.56 Å². The number of nitrogens with two attached hydrogens (primary N) is 1. The molecule has 1 aromatic rings. The first-order valence-electron chi connectivity index (χ1n) is 4.71. The zero-order valence-electron chi connectivity index (χ0n) is 8.66. The van der Waals surface area contributed by atoms with Crippen molar-refractivity contribution in [2.45, 2.75) is 12.5 Å². The molecular formula is C10H11F3N2O2. The van der Waals surface area contributed by atoms with E-state index in [0.717, 1.165) is 12.1 Å². The van der Waals surface area contributed by atoms with Crippen molar-refractivity contribution < 1.29 is 23.1 Å². The van der Waals surface area contributed by atoms with Crippen LogP contribution in [-0.2, 0) is 0 Å². The minimum atomic E-state index is -2.97. The predicted molar refractivity (Wildman–Crippen MR) is 55.2 cm³/mol. The van der Waals surface area contributed by atoms with E-state index in [1.54, 1.807) is 0 Å². The Morgan fingerprint density at radius 2 is 2.12 bits per heavy atom. The van der Waals surface area contributed by atoms with Crippen LogP contribution in [0.3, 0.4) is 0 Å². The van der Waals surface area contributed by atoms with Gasteiger partial charge in [-0.3, -0.25) is 4.79 Å². The topological polar surface area (TPSA) is 75.4 Å². The number of aliphatic hydroxyl groups excluding tert-OH is 1. The number of amides is 1. The standard InChI is InChI=1S/C10H11F3N2O2/c11-7-2-1-5(14)3-6(7)10(17)15-4-8(16)9(12)13/h1-3,8-9,16H,4,14H2,(H,15,17). The first kappa shape index (κ1) is 13.3. The van der Waals surface area contributed by atoms with Crippen LogP contribution in [0.5, 0.6) is 0 Å². The van der Waals surface area contributed by atoms with Crippen molar-refractivity contribution in [3.8, 4) is 0 Å². The summed E-state index contributed by atoms with van der Waals surface area (Å²) in [4.78, 5) is 11.4. The molecule has 1 atom stereocenters. The molecule has 1 unspecified atom stereocenters. The number of nitrogen functional groups attached to an aromatic ring is 1. The molecule has 1 aromatic carbocycles. The van der Waals surface area contributed by atoms with Crippen LogP contribution in [0.15, 0.2) is 18.2 Å². The summed E-state index contributed by atoms with van der Waals surface area (Å²) in [7, 11) is 0. The molecule has 17 heavy (non-hydrogen) atoms. The summed E-state index contributed by atoms with van der Waals surface area (Å²) in [5.41, 5.74) is 5.17. The Kier molecular flexibility index (Phi) is 4.33. The summed E-state index contributed by atoms with van der Waals surface area (Å²) >= 11 is 0. The number of rotatable bonds is 4. The fourth-order valence-corrected chi connectivity index (χ4v) is 1.10. The van der Waals surface area contributed by atoms with E-state index in [1.165, 1.54) is 6.07 Å². The summed E-state index contributed by atoms with van der Waals surface area (Å²) < 4.78 is 37.0. The van der Waals surface area contributed by atoms with Crippen LogP contribution in [0, 0.1) is 5.82 Å². The first-order valence-corrected chi connectivity index (χ1v) is 4.71. The van der Waals surface area contributed by atoms with Crippen molar-refractivity contribution in [3.05, 3.63) is 29.6 Å². The Hall–Kier alpha value is -1.76. The summed E-state index contributed by atoms with van der Waals surface area (Å²) in [6.07, 6.45) is -4.95. The van der Waals surface area contributed by atoms with Crippen LogP contribution in [0.4, 0.5) is 18.9 Å². The van der Waals surface area contributed by atoms with E-state index in [-0.39, 0.29) is 11.3 Å². The highest BCUT2D eigenvalue weighted by Crippen LogP contribution is 2.11. The molecule has 4 N–H and O–H groups in total. The van der Waals surface area contributed by atoms with Crippen molar-refractivity contribution in [1.82, 2.24) is 5.32 Å². The van der Waals surface area contributed by atoms with Crippen molar-refractivity contribution in [2.75, 3.05) is 12.3 Å². The Balaban J connectivity index is 2.67. The van der Waals surface area contributed by atoms with Gasteiger partial charge in [0.1, 0.15) is 11.9 Å². The zero-order chi connectivity index (χ0) is 13.0. The number of alkyl halides is 2. The van der Waals surface area contributed by atoms with Gasteiger partial charge in [-0.15, -0.1) is 0 Å². The molecule has 0 radical (unpaired) electrons. The van der Waals surface area contributed by atoms with Crippen LogP contribution in [0.25, 0.3) is 0 Å². The third-order valence-corrected chi connectivity index (χ3v) is 2.00. The number of carbonyl (C=O) groups is 1. The number of nitrogens with one attached hydrogen (secondary N) is 1. The van der Waals surface area contributed by atoms with Gasteiger partial charge >= 0.3 is 0 Å². The second-order valence-electron chi connectivity index (χ2n) is 3.35. The van der Waals surface area contributed by atoms with E-state index in [4.69, 9.17) is 10.8 Å². The summed E-state index contributed by atoms with van der Waals surface area (Å²) in [5, 5.41) is 10.7. The van der Waals surface area contributed by atoms with E-state index in [0.29, 0.717) is 0 Å². The molecule has 0 spiro atoms. The van der Waals surface area contributed by atoms with Crippen LogP contribution in [0.2, 0.25) is 0 Å². The van der Waals surface area contributed by atoms with Crippen LogP contribution < -0.4 is 11.1 Å². The highest BCUT2D eigenvalue weighted by Gasteiger charge is 2.19. The van der Waals surface area contributed by atoms with Gasteiger partial charge in [-0.05, 0) is 18.2 Å². The third kappa shape index (κ3) is 3.63. The van der Waals surface area contributed by atoms with Crippen molar-refractivity contribution >= 4 is 11.6 Å². The fourth-order valence-electron chi connectivity index (χ4n) is 1.10. The van der Waals surface area contributed by atoms with E-state index < -0.39 is 30.8 Å². The van der Waals surface area contributed by atoms with Gasteiger partial charge < -0.3 is 16.2 Å². The van der Waals surface area contributed by atoms with Crippen molar-refractivity contribution in [1.29, 1.82) is 0 Å². The summed E-state index contributed by atoms with van der Waals surface area (Å²) in [6, 6.07) is 3.34. The second-order valence-corrected chi connectivity index (χ2v) is 3.35. The minimum Gasteiger partial charge on any atom is -0.399 e. The fraction of sp³-hybridized carbons (Fsp3) is 0.300. The van der Waals surface area contributed by atoms with Gasteiger partial charge in [0.25, 0.3) is 12.3 Å². The monoisotopic (exact) mass is 248 g/mol. The molecule has 4 nitrogen and oxygen atoms in total. The second kappa shape index (κ2) is 5.53. The maximum atomic E-state index is 13.2. The van der Waals surface area contributed by atoms with Crippen molar-refractivity contribution in [2.24, 2.45) is 0 Å². The largest absolute Gasteiger partial charge is 0.399 e. The summed E-state index contributed by atoms with van der Waals surface area (Å²) in [6.45, 7) is -0.662. The first-order chi connectivity index (χ1) is 7.91. The minimum absolute atomic E-state index is 0.172. The molecule has 94 valence electrons. The van der Waals surface area contributed by atoms with Gasteiger partial charge in [-0.25, -0.2) is 13.2 Å². The average Bonchev–Trinajstić information content (AvgIpc) is 2.28. The smallest absolute Gasteiger partial charge is 0.265 e. The molecule has 0 aliphatic carbocycles. The lowest BCUT2D eigenvalue weighted by atomic mass is 10.1. The van der Waals surface area contributed by atoms with Gasteiger partial charge in [0.15, 0.2) is 0 Å². The normalized spacial score (nSPS) is 12.5. The molecule has 0 aliphatic rings. The highest BCUT2D eigenvalue weighted by molar-refractivity contribution is 5.95. The van der Waals surface area contributed by atoms with Gasteiger partial charge in [0.2, 0.25) is 0 Å². The molecule has 0 saturated carbocycles. The maximum Gasteiger partial charge on any atom is 0.265 e. The molecule has 7 heteroatoms. The van der Waals surface area contributed by atoms with Gasteiger partial charge in [-0.1, -0.05) is 0 Å². The lowest BCUT2D eigenvalue weighted by Gasteiger charge is -2.11. The van der Waals surface area contributed by atoms with E-state index in [2.05, 4.69) is 0 Å². The van der Waals surface area contributed by atoms with E-state index >= 15 is 0 Å². The summed E-state index contributed by atoms with van der Waals surface area (Å²) in [5.74, 6) is -1.72. The number of aliphatic hydroxyl groups is 1. The Morgan fingerprint density at radius 1 is 1.47 bits per heavy atom. The Labute approximate surface area is 95.2 Å².